The Morgan fingerprint density at radius 1 is 1.20 bits per heavy atom. The first-order valence-corrected chi connectivity index (χ1v) is 7.20. The van der Waals surface area contributed by atoms with E-state index in [1.165, 1.54) is 0 Å². The Kier molecular flexibility index (Phi) is 3.23. The van der Waals surface area contributed by atoms with E-state index in [2.05, 4.69) is 16.0 Å². The minimum atomic E-state index is 0.236. The molecule has 4 nitrogen and oxygen atoms in total. The number of aromatic nitrogens is 2. The highest BCUT2D eigenvalue weighted by Gasteiger charge is 2.14. The van der Waals surface area contributed by atoms with Crippen LogP contribution in [0.15, 0.2) is 30.3 Å². The summed E-state index contributed by atoms with van der Waals surface area (Å²) in [4.78, 5) is 12.6. The predicted octanol–water partition coefficient (Wildman–Crippen LogP) is 4.13. The van der Waals surface area contributed by atoms with Gasteiger partial charge in [-0.05, 0) is 48.9 Å². The third-order valence-corrected chi connectivity index (χ3v) is 4.14. The van der Waals surface area contributed by atoms with Gasteiger partial charge in [0.2, 0.25) is 5.28 Å². The van der Waals surface area contributed by atoms with Crippen LogP contribution in [0, 0.1) is 6.92 Å². The zero-order valence-corrected chi connectivity index (χ0v) is 12.5. The molecule has 0 saturated heterocycles. The quantitative estimate of drug-likeness (QED) is 0.723. The van der Waals surface area contributed by atoms with E-state index in [-0.39, 0.29) is 11.0 Å². The number of rotatable bonds is 2. The van der Waals surface area contributed by atoms with Crippen LogP contribution in [0.1, 0.15) is 4.88 Å². The second kappa shape index (κ2) is 4.92. The average Bonchev–Trinajstić information content (AvgIpc) is 2.78. The van der Waals surface area contributed by atoms with Gasteiger partial charge in [0.05, 0.1) is 5.39 Å². The summed E-state index contributed by atoms with van der Waals surface area (Å²) in [6.45, 7) is 2.03. The Balaban J connectivity index is 2.15. The zero-order valence-electron chi connectivity index (χ0n) is 11.0. The molecular formula is C14H12ClN3OS. The molecule has 2 heterocycles. The number of phenolic OH excluding ortho intramolecular Hbond substituents is 1. The van der Waals surface area contributed by atoms with Crippen LogP contribution in [0.2, 0.25) is 5.28 Å². The van der Waals surface area contributed by atoms with E-state index in [1.54, 1.807) is 23.5 Å². The lowest BCUT2D eigenvalue weighted by molar-refractivity contribution is 0.475. The molecule has 0 aliphatic carbocycles. The average molecular weight is 306 g/mol. The Hall–Kier alpha value is -1.85. The molecule has 2 aromatic heterocycles. The molecule has 0 bridgehead atoms. The summed E-state index contributed by atoms with van der Waals surface area (Å²) in [5.41, 5.74) is 0.919. The molecule has 0 atom stereocenters. The molecule has 0 amide bonds. The molecule has 0 unspecified atom stereocenters. The minimum Gasteiger partial charge on any atom is -0.508 e. The minimum absolute atomic E-state index is 0.236. The van der Waals surface area contributed by atoms with Crippen LogP contribution in [-0.4, -0.2) is 22.1 Å². The van der Waals surface area contributed by atoms with Gasteiger partial charge in [-0.2, -0.15) is 4.98 Å². The molecule has 3 rings (SSSR count). The third-order valence-electron chi connectivity index (χ3n) is 3.02. The molecule has 1 aromatic carbocycles. The van der Waals surface area contributed by atoms with Gasteiger partial charge in [0.15, 0.2) is 0 Å². The largest absolute Gasteiger partial charge is 0.508 e. The van der Waals surface area contributed by atoms with Crippen LogP contribution in [0.3, 0.4) is 0 Å². The first kappa shape index (κ1) is 13.1. The number of hydrogen-bond donors (Lipinski definition) is 1. The number of nitrogens with zero attached hydrogens (tertiary/aromatic N) is 3. The molecule has 0 radical (unpaired) electrons. The lowest BCUT2D eigenvalue weighted by atomic mass is 10.2. The van der Waals surface area contributed by atoms with Crippen molar-refractivity contribution in [3.8, 4) is 5.75 Å². The highest BCUT2D eigenvalue weighted by atomic mass is 35.5. The van der Waals surface area contributed by atoms with Crippen molar-refractivity contribution in [2.24, 2.45) is 0 Å². The number of phenols is 1. The van der Waals surface area contributed by atoms with Gasteiger partial charge in [-0.3, -0.25) is 0 Å². The summed E-state index contributed by atoms with van der Waals surface area (Å²) in [6, 6.07) is 9.00. The Bertz CT molecular complexity index is 770. The number of thiophene rings is 1. The van der Waals surface area contributed by atoms with E-state index in [4.69, 9.17) is 11.6 Å². The van der Waals surface area contributed by atoms with Crippen LogP contribution in [0.25, 0.3) is 10.2 Å². The predicted molar refractivity (Wildman–Crippen MR) is 83.3 cm³/mol. The van der Waals surface area contributed by atoms with E-state index in [1.807, 2.05) is 31.0 Å². The summed E-state index contributed by atoms with van der Waals surface area (Å²) in [7, 11) is 1.91. The molecular weight excluding hydrogens is 294 g/mol. The van der Waals surface area contributed by atoms with Gasteiger partial charge in [0, 0.05) is 17.6 Å². The van der Waals surface area contributed by atoms with Crippen molar-refractivity contribution in [3.63, 3.8) is 0 Å². The van der Waals surface area contributed by atoms with Crippen molar-refractivity contribution in [2.75, 3.05) is 11.9 Å². The van der Waals surface area contributed by atoms with Gasteiger partial charge >= 0.3 is 0 Å². The molecule has 0 aliphatic heterocycles. The van der Waals surface area contributed by atoms with E-state index in [9.17, 15) is 5.11 Å². The van der Waals surface area contributed by atoms with Crippen molar-refractivity contribution in [1.82, 2.24) is 9.97 Å². The number of anilines is 2. The standard InChI is InChI=1S/C14H12ClN3OS/c1-8-7-11-12(16-14(15)17-13(11)20-8)18(2)9-3-5-10(19)6-4-9/h3-7,19H,1-2H3. The molecule has 20 heavy (non-hydrogen) atoms. The van der Waals surface area contributed by atoms with Crippen molar-refractivity contribution < 1.29 is 5.11 Å². The van der Waals surface area contributed by atoms with E-state index >= 15 is 0 Å². The summed E-state index contributed by atoms with van der Waals surface area (Å²) in [6.07, 6.45) is 0. The fourth-order valence-electron chi connectivity index (χ4n) is 2.06. The maximum absolute atomic E-state index is 9.36. The van der Waals surface area contributed by atoms with Crippen LogP contribution in [0.4, 0.5) is 11.5 Å². The topological polar surface area (TPSA) is 49.2 Å². The van der Waals surface area contributed by atoms with Gasteiger partial charge in [-0.1, -0.05) is 0 Å². The van der Waals surface area contributed by atoms with Gasteiger partial charge in [0.1, 0.15) is 16.4 Å². The summed E-state index contributed by atoms with van der Waals surface area (Å²) < 4.78 is 0. The zero-order chi connectivity index (χ0) is 14.3. The Morgan fingerprint density at radius 3 is 2.60 bits per heavy atom. The highest BCUT2D eigenvalue weighted by Crippen LogP contribution is 2.34. The first-order valence-electron chi connectivity index (χ1n) is 6.01. The number of hydrogen-bond acceptors (Lipinski definition) is 5. The van der Waals surface area contributed by atoms with Crippen LogP contribution < -0.4 is 4.90 Å². The lowest BCUT2D eigenvalue weighted by Crippen LogP contribution is -2.11. The lowest BCUT2D eigenvalue weighted by Gasteiger charge is -2.19. The summed E-state index contributed by atoms with van der Waals surface area (Å²) >= 11 is 7.60. The maximum atomic E-state index is 9.36. The van der Waals surface area contributed by atoms with Gasteiger partial charge in [-0.15, -0.1) is 11.3 Å². The van der Waals surface area contributed by atoms with Crippen molar-refractivity contribution in [3.05, 3.63) is 40.5 Å². The van der Waals surface area contributed by atoms with E-state index in [0.717, 1.165) is 26.6 Å². The second-order valence-corrected chi connectivity index (χ2v) is 6.04. The SMILES string of the molecule is Cc1cc2c(N(C)c3ccc(O)cc3)nc(Cl)nc2s1. The monoisotopic (exact) mass is 305 g/mol. The summed E-state index contributed by atoms with van der Waals surface area (Å²) in [5, 5.41) is 10.6. The van der Waals surface area contributed by atoms with E-state index < -0.39 is 0 Å². The normalized spacial score (nSPS) is 10.9. The number of aromatic hydroxyl groups is 1. The highest BCUT2D eigenvalue weighted by molar-refractivity contribution is 7.18. The molecule has 6 heteroatoms. The van der Waals surface area contributed by atoms with Gasteiger partial charge in [0.25, 0.3) is 0 Å². The fraction of sp³-hybridized carbons (Fsp3) is 0.143. The summed E-state index contributed by atoms with van der Waals surface area (Å²) in [5.74, 6) is 0.995. The Labute approximate surface area is 125 Å². The maximum Gasteiger partial charge on any atom is 0.225 e. The number of halogens is 1. The smallest absolute Gasteiger partial charge is 0.225 e. The molecule has 1 N–H and O–H groups in total. The van der Waals surface area contributed by atoms with Crippen LogP contribution >= 0.6 is 22.9 Å². The first-order chi connectivity index (χ1) is 9.54. The number of benzene rings is 1. The molecule has 102 valence electrons. The van der Waals surface area contributed by atoms with Crippen molar-refractivity contribution in [1.29, 1.82) is 0 Å². The molecule has 0 spiro atoms. The van der Waals surface area contributed by atoms with E-state index in [0.29, 0.717) is 0 Å². The number of aryl methyl sites for hydroxylation is 1. The fourth-order valence-corrected chi connectivity index (χ4v) is 3.14. The number of fused-ring (bicyclic) bond motifs is 1. The Morgan fingerprint density at radius 2 is 1.90 bits per heavy atom. The van der Waals surface area contributed by atoms with Gasteiger partial charge < -0.3 is 10.0 Å². The van der Waals surface area contributed by atoms with Crippen LogP contribution in [-0.2, 0) is 0 Å². The molecule has 0 fully saturated rings. The van der Waals surface area contributed by atoms with Crippen molar-refractivity contribution >= 4 is 44.7 Å². The molecule has 0 saturated carbocycles. The second-order valence-electron chi connectivity index (χ2n) is 4.47. The van der Waals surface area contributed by atoms with Crippen molar-refractivity contribution in [2.45, 2.75) is 6.92 Å². The molecule has 3 aromatic rings. The van der Waals surface area contributed by atoms with Gasteiger partial charge in [-0.25, -0.2) is 4.98 Å². The molecule has 0 aliphatic rings. The third kappa shape index (κ3) is 2.30. The van der Waals surface area contributed by atoms with Crippen LogP contribution in [0.5, 0.6) is 5.75 Å².